The molecule has 1 unspecified atom stereocenters. The molecule has 2 N–H and O–H groups in total. The SMILES string of the molecule is CN1C(=O)C(NC(=O)NC(c2ccccc2)c2ccccc2)N=C(c2ccccc2)c2cc(Cl)ccc21. The van der Waals surface area contributed by atoms with Gasteiger partial charge in [0.05, 0.1) is 17.4 Å². The van der Waals surface area contributed by atoms with E-state index < -0.39 is 18.2 Å². The van der Waals surface area contributed by atoms with Crippen LogP contribution in [0.5, 0.6) is 0 Å². The summed E-state index contributed by atoms with van der Waals surface area (Å²) in [5.41, 5.74) is 4.60. The number of anilines is 1. The number of carbonyl (C=O) groups excluding carboxylic acids is 2. The maximum atomic E-state index is 13.5. The Morgan fingerprint density at radius 1 is 0.865 bits per heavy atom. The molecule has 0 bridgehead atoms. The topological polar surface area (TPSA) is 73.8 Å². The van der Waals surface area contributed by atoms with E-state index in [0.717, 1.165) is 16.7 Å². The van der Waals surface area contributed by atoms with Gasteiger partial charge in [-0.05, 0) is 29.3 Å². The number of carbonyl (C=O) groups is 2. The molecule has 0 aliphatic carbocycles. The molecule has 4 aromatic carbocycles. The van der Waals surface area contributed by atoms with Crippen LogP contribution in [-0.4, -0.2) is 30.9 Å². The number of rotatable bonds is 5. The second-order valence-electron chi connectivity index (χ2n) is 8.68. The van der Waals surface area contributed by atoms with E-state index in [0.29, 0.717) is 22.0 Å². The molecule has 0 saturated carbocycles. The predicted octanol–water partition coefficient (Wildman–Crippen LogP) is 5.57. The average molecular weight is 509 g/mol. The molecule has 7 heteroatoms. The van der Waals surface area contributed by atoms with Gasteiger partial charge < -0.3 is 15.5 Å². The molecule has 4 aromatic rings. The Labute approximate surface area is 220 Å². The van der Waals surface area contributed by atoms with Crippen LogP contribution < -0.4 is 15.5 Å². The van der Waals surface area contributed by atoms with Crippen molar-refractivity contribution in [3.05, 3.63) is 136 Å². The second kappa shape index (κ2) is 10.7. The number of likely N-dealkylation sites (N-methyl/N-ethyl adjacent to an activating group) is 1. The van der Waals surface area contributed by atoms with E-state index in [1.807, 2.05) is 91.0 Å². The van der Waals surface area contributed by atoms with E-state index in [-0.39, 0.29) is 5.91 Å². The quantitative estimate of drug-likeness (QED) is 0.370. The van der Waals surface area contributed by atoms with Crippen molar-refractivity contribution >= 4 is 34.9 Å². The Morgan fingerprint density at radius 2 is 1.43 bits per heavy atom. The number of halogens is 1. The molecule has 1 atom stereocenters. The summed E-state index contributed by atoms with van der Waals surface area (Å²) < 4.78 is 0. The molecule has 3 amide bonds. The summed E-state index contributed by atoms with van der Waals surface area (Å²) >= 11 is 6.32. The number of benzodiazepines with no additional fused rings is 1. The van der Waals surface area contributed by atoms with Crippen LogP contribution in [0.2, 0.25) is 5.02 Å². The van der Waals surface area contributed by atoms with Crippen LogP contribution in [0.25, 0.3) is 0 Å². The lowest BCUT2D eigenvalue weighted by molar-refractivity contribution is -0.119. The van der Waals surface area contributed by atoms with Gasteiger partial charge >= 0.3 is 6.03 Å². The van der Waals surface area contributed by atoms with E-state index in [2.05, 4.69) is 10.6 Å². The third-order valence-electron chi connectivity index (χ3n) is 6.25. The Hall–Kier alpha value is -4.42. The van der Waals surface area contributed by atoms with Crippen molar-refractivity contribution in [2.45, 2.75) is 12.2 Å². The van der Waals surface area contributed by atoms with E-state index >= 15 is 0 Å². The van der Waals surface area contributed by atoms with E-state index in [4.69, 9.17) is 16.6 Å². The van der Waals surface area contributed by atoms with Gasteiger partial charge in [0.2, 0.25) is 6.17 Å². The highest BCUT2D eigenvalue weighted by molar-refractivity contribution is 6.32. The first kappa shape index (κ1) is 24.3. The molecule has 37 heavy (non-hydrogen) atoms. The summed E-state index contributed by atoms with van der Waals surface area (Å²) in [5.74, 6) is -0.361. The number of nitrogens with one attached hydrogen (secondary N) is 2. The first-order valence-corrected chi connectivity index (χ1v) is 12.3. The first-order valence-electron chi connectivity index (χ1n) is 11.9. The number of aliphatic imine (C=N–C) groups is 1. The van der Waals surface area contributed by atoms with Gasteiger partial charge in [-0.2, -0.15) is 0 Å². The summed E-state index contributed by atoms with van der Waals surface area (Å²) in [6.45, 7) is 0. The minimum Gasteiger partial charge on any atom is -0.327 e. The van der Waals surface area contributed by atoms with Gasteiger partial charge in [-0.15, -0.1) is 0 Å². The van der Waals surface area contributed by atoms with Crippen LogP contribution in [0, 0.1) is 0 Å². The lowest BCUT2D eigenvalue weighted by Crippen LogP contribution is -2.50. The highest BCUT2D eigenvalue weighted by Crippen LogP contribution is 2.30. The summed E-state index contributed by atoms with van der Waals surface area (Å²) in [6, 6.07) is 33.3. The van der Waals surface area contributed by atoms with Crippen molar-refractivity contribution in [3.63, 3.8) is 0 Å². The van der Waals surface area contributed by atoms with E-state index in [1.54, 1.807) is 25.2 Å². The van der Waals surface area contributed by atoms with Crippen LogP contribution in [-0.2, 0) is 4.79 Å². The molecule has 0 saturated heterocycles. The van der Waals surface area contributed by atoms with Gasteiger partial charge in [0.1, 0.15) is 0 Å². The zero-order valence-corrected chi connectivity index (χ0v) is 20.9. The predicted molar refractivity (Wildman–Crippen MR) is 147 cm³/mol. The number of hydrogen-bond acceptors (Lipinski definition) is 3. The number of nitrogens with zero attached hydrogens (tertiary/aromatic N) is 2. The molecular formula is C30H25ClN4O2. The molecule has 5 rings (SSSR count). The van der Waals surface area contributed by atoms with Gasteiger partial charge in [0, 0.05) is 23.2 Å². The second-order valence-corrected chi connectivity index (χ2v) is 9.11. The molecular weight excluding hydrogens is 484 g/mol. The third kappa shape index (κ3) is 5.25. The van der Waals surface area contributed by atoms with E-state index in [9.17, 15) is 9.59 Å². The largest absolute Gasteiger partial charge is 0.327 e. The van der Waals surface area contributed by atoms with Gasteiger partial charge in [-0.25, -0.2) is 9.79 Å². The average Bonchev–Trinajstić information content (AvgIpc) is 3.03. The third-order valence-corrected chi connectivity index (χ3v) is 6.49. The van der Waals surface area contributed by atoms with Crippen LogP contribution in [0.1, 0.15) is 28.3 Å². The van der Waals surface area contributed by atoms with Gasteiger partial charge in [0.25, 0.3) is 5.91 Å². The zero-order chi connectivity index (χ0) is 25.8. The Kier molecular flexibility index (Phi) is 7.01. The summed E-state index contributed by atoms with van der Waals surface area (Å²) in [4.78, 5) is 33.0. The highest BCUT2D eigenvalue weighted by atomic mass is 35.5. The van der Waals surface area contributed by atoms with Crippen molar-refractivity contribution in [3.8, 4) is 0 Å². The summed E-state index contributed by atoms with van der Waals surface area (Å²) in [5, 5.41) is 6.35. The highest BCUT2D eigenvalue weighted by Gasteiger charge is 2.32. The van der Waals surface area contributed by atoms with Crippen LogP contribution in [0.15, 0.2) is 114 Å². The van der Waals surface area contributed by atoms with Crippen molar-refractivity contribution in [1.82, 2.24) is 10.6 Å². The molecule has 184 valence electrons. The van der Waals surface area contributed by atoms with Crippen LogP contribution in [0.3, 0.4) is 0 Å². The number of fused-ring (bicyclic) bond motifs is 1. The Morgan fingerprint density at radius 3 is 2.03 bits per heavy atom. The molecule has 0 radical (unpaired) electrons. The number of benzene rings is 4. The zero-order valence-electron chi connectivity index (χ0n) is 20.1. The maximum Gasteiger partial charge on any atom is 0.317 e. The van der Waals surface area contributed by atoms with Crippen molar-refractivity contribution in [2.24, 2.45) is 4.99 Å². The molecule has 1 heterocycles. The molecule has 0 fully saturated rings. The van der Waals surface area contributed by atoms with Crippen molar-refractivity contribution < 1.29 is 9.59 Å². The van der Waals surface area contributed by atoms with Gasteiger partial charge in [-0.3, -0.25) is 4.79 Å². The summed E-state index contributed by atoms with van der Waals surface area (Å²) in [7, 11) is 1.67. The lowest BCUT2D eigenvalue weighted by Gasteiger charge is -2.23. The fourth-order valence-electron chi connectivity index (χ4n) is 4.41. The normalized spacial score (nSPS) is 15.0. The fraction of sp³-hybridized carbons (Fsp3) is 0.100. The number of hydrogen-bond donors (Lipinski definition) is 2. The minimum atomic E-state index is -1.14. The Bertz CT molecular complexity index is 1400. The molecule has 0 spiro atoms. The number of amides is 3. The number of urea groups is 1. The van der Waals surface area contributed by atoms with E-state index in [1.165, 1.54) is 4.90 Å². The maximum absolute atomic E-state index is 13.5. The molecule has 6 nitrogen and oxygen atoms in total. The Balaban J connectivity index is 1.49. The van der Waals surface area contributed by atoms with Crippen LogP contribution in [0.4, 0.5) is 10.5 Å². The molecule has 1 aliphatic rings. The molecule has 1 aliphatic heterocycles. The minimum absolute atomic E-state index is 0.361. The fourth-order valence-corrected chi connectivity index (χ4v) is 4.59. The van der Waals surface area contributed by atoms with Crippen LogP contribution >= 0.6 is 11.6 Å². The lowest BCUT2D eigenvalue weighted by atomic mass is 9.99. The molecule has 0 aromatic heterocycles. The monoisotopic (exact) mass is 508 g/mol. The standard InChI is InChI=1S/C30H25ClN4O2/c1-35-25-18-17-23(31)19-24(25)27(22-15-9-4-10-16-22)32-28(29(35)36)34-30(37)33-26(20-11-5-2-6-12-20)21-13-7-3-8-14-21/h2-19,26,28H,1H3,(H2,33,34,37). The first-order chi connectivity index (χ1) is 18.0. The smallest absolute Gasteiger partial charge is 0.317 e. The summed E-state index contributed by atoms with van der Waals surface area (Å²) in [6.07, 6.45) is -1.14. The van der Waals surface area contributed by atoms with Crippen molar-refractivity contribution in [2.75, 3.05) is 11.9 Å². The van der Waals surface area contributed by atoms with Gasteiger partial charge in [0.15, 0.2) is 0 Å². The van der Waals surface area contributed by atoms with Crippen molar-refractivity contribution in [1.29, 1.82) is 0 Å². The van der Waals surface area contributed by atoms with Gasteiger partial charge in [-0.1, -0.05) is 103 Å².